The Labute approximate surface area is 194 Å². The van der Waals surface area contributed by atoms with Gasteiger partial charge in [-0.25, -0.2) is 8.51 Å². The fourth-order valence-electron chi connectivity index (χ4n) is 3.49. The van der Waals surface area contributed by atoms with E-state index in [9.17, 15) is 18.6 Å². The van der Waals surface area contributed by atoms with Gasteiger partial charge in [-0.3, -0.25) is 28.4 Å². The number of unbranched alkanes of at least 4 members (excludes halogenated alkanes) is 1. The Balaban J connectivity index is 2.65. The highest BCUT2D eigenvalue weighted by Gasteiger charge is 2.29. The summed E-state index contributed by atoms with van der Waals surface area (Å²) in [5, 5.41) is 0. The Morgan fingerprint density at radius 2 is 1.47 bits per heavy atom. The zero-order valence-electron chi connectivity index (χ0n) is 19.9. The van der Waals surface area contributed by atoms with E-state index in [0.717, 1.165) is 19.4 Å². The number of esters is 2. The summed E-state index contributed by atoms with van der Waals surface area (Å²) in [6.07, 6.45) is 3.15. The molecule has 1 unspecified atom stereocenters. The predicted octanol–water partition coefficient (Wildman–Crippen LogP) is 0.633. The highest BCUT2D eigenvalue weighted by Crippen LogP contribution is 2.20. The number of hydrogen-bond donors (Lipinski definition) is 0. The van der Waals surface area contributed by atoms with Crippen LogP contribution >= 0.6 is 0 Å². The SMILES string of the molecule is CCCCN(CCN(CC(=O)OC)CC(=O)C1CCN(S(=O)OCC)CC1)CC(=O)OC. The van der Waals surface area contributed by atoms with Crippen LogP contribution in [0.4, 0.5) is 0 Å². The fraction of sp³-hybridized carbons (Fsp3) is 0.857. The quantitative estimate of drug-likeness (QED) is 0.296. The first-order valence-corrected chi connectivity index (χ1v) is 12.3. The molecule has 1 rings (SSSR count). The average molecular weight is 478 g/mol. The Hall–Kier alpha value is -1.40. The second kappa shape index (κ2) is 16.2. The smallest absolute Gasteiger partial charge is 0.319 e. The summed E-state index contributed by atoms with van der Waals surface area (Å²) >= 11 is -1.46. The van der Waals surface area contributed by atoms with Gasteiger partial charge in [0.2, 0.25) is 11.3 Å². The molecule has 0 N–H and O–H groups in total. The normalized spacial score (nSPS) is 16.3. The summed E-state index contributed by atoms with van der Waals surface area (Å²) < 4.78 is 28.4. The molecule has 0 spiro atoms. The van der Waals surface area contributed by atoms with Crippen LogP contribution in [-0.4, -0.2) is 109 Å². The van der Waals surface area contributed by atoms with Crippen molar-refractivity contribution in [2.45, 2.75) is 39.5 Å². The molecule has 11 heteroatoms. The summed E-state index contributed by atoms with van der Waals surface area (Å²) in [6.45, 7) is 7.34. The molecule has 186 valence electrons. The van der Waals surface area contributed by atoms with Gasteiger partial charge in [0, 0.05) is 32.1 Å². The number of hydrogen-bond acceptors (Lipinski definition) is 9. The lowest BCUT2D eigenvalue weighted by Crippen LogP contribution is -2.45. The van der Waals surface area contributed by atoms with Crippen LogP contribution in [0.3, 0.4) is 0 Å². The first-order chi connectivity index (χ1) is 15.3. The summed E-state index contributed by atoms with van der Waals surface area (Å²) in [7, 11) is 2.68. The van der Waals surface area contributed by atoms with Crippen LogP contribution in [0, 0.1) is 5.92 Å². The lowest BCUT2D eigenvalue weighted by molar-refractivity contribution is -0.144. The van der Waals surface area contributed by atoms with Crippen molar-refractivity contribution in [1.82, 2.24) is 14.1 Å². The minimum absolute atomic E-state index is 0.00921. The van der Waals surface area contributed by atoms with Crippen LogP contribution in [0.1, 0.15) is 39.5 Å². The van der Waals surface area contributed by atoms with Crippen molar-refractivity contribution in [2.75, 3.05) is 73.2 Å². The molecular weight excluding hydrogens is 438 g/mol. The number of nitrogens with zero attached hydrogens (tertiary/aromatic N) is 3. The van der Waals surface area contributed by atoms with E-state index in [1.165, 1.54) is 14.2 Å². The predicted molar refractivity (Wildman–Crippen MR) is 121 cm³/mol. The molecule has 0 aromatic heterocycles. The van der Waals surface area contributed by atoms with Crippen molar-refractivity contribution < 1.29 is 32.2 Å². The summed E-state index contributed by atoms with van der Waals surface area (Å²) in [4.78, 5) is 40.3. The van der Waals surface area contributed by atoms with Gasteiger partial charge >= 0.3 is 11.9 Å². The second-order valence-electron chi connectivity index (χ2n) is 7.79. The van der Waals surface area contributed by atoms with Crippen molar-refractivity contribution in [3.8, 4) is 0 Å². The Morgan fingerprint density at radius 3 is 2.00 bits per heavy atom. The van der Waals surface area contributed by atoms with Gasteiger partial charge in [0.25, 0.3) is 0 Å². The fourth-order valence-corrected chi connectivity index (χ4v) is 4.35. The molecule has 0 aromatic carbocycles. The van der Waals surface area contributed by atoms with Crippen molar-refractivity contribution >= 4 is 29.0 Å². The molecule has 0 bridgehead atoms. The average Bonchev–Trinajstić information content (AvgIpc) is 2.80. The molecule has 0 aliphatic carbocycles. The number of methoxy groups -OCH3 is 2. The number of carbonyl (C=O) groups is 3. The lowest BCUT2D eigenvalue weighted by Gasteiger charge is -2.31. The highest BCUT2D eigenvalue weighted by atomic mass is 32.2. The first-order valence-electron chi connectivity index (χ1n) is 11.3. The number of rotatable bonds is 16. The van der Waals surface area contributed by atoms with E-state index >= 15 is 0 Å². The Bertz CT molecular complexity index is 612. The second-order valence-corrected chi connectivity index (χ2v) is 8.97. The Morgan fingerprint density at radius 1 is 0.906 bits per heavy atom. The van der Waals surface area contributed by atoms with Gasteiger partial charge in [-0.05, 0) is 32.7 Å². The molecule has 0 amide bonds. The minimum Gasteiger partial charge on any atom is -0.468 e. The minimum atomic E-state index is -1.46. The van der Waals surface area contributed by atoms with Crippen LogP contribution in [0.2, 0.25) is 0 Å². The molecule has 1 saturated heterocycles. The number of piperidine rings is 1. The zero-order chi connectivity index (χ0) is 23.9. The maximum atomic E-state index is 12.9. The van der Waals surface area contributed by atoms with Crippen molar-refractivity contribution in [3.63, 3.8) is 0 Å². The van der Waals surface area contributed by atoms with Gasteiger partial charge < -0.3 is 9.47 Å². The van der Waals surface area contributed by atoms with Gasteiger partial charge in [0.1, 0.15) is 5.78 Å². The van der Waals surface area contributed by atoms with Crippen LogP contribution in [0.15, 0.2) is 0 Å². The van der Waals surface area contributed by atoms with Gasteiger partial charge in [-0.2, -0.15) is 0 Å². The molecule has 0 radical (unpaired) electrons. The molecule has 0 aromatic rings. The van der Waals surface area contributed by atoms with Crippen LogP contribution < -0.4 is 0 Å². The molecule has 1 atom stereocenters. The molecule has 32 heavy (non-hydrogen) atoms. The third kappa shape index (κ3) is 11.0. The van der Waals surface area contributed by atoms with Crippen molar-refractivity contribution in [2.24, 2.45) is 5.92 Å². The summed E-state index contributed by atoms with van der Waals surface area (Å²) in [6, 6.07) is 0. The van der Waals surface area contributed by atoms with E-state index in [-0.39, 0.29) is 37.3 Å². The number of Topliss-reactive ketones (excluding diaryl/α,β-unsaturated/α-hetero) is 1. The zero-order valence-corrected chi connectivity index (χ0v) is 20.7. The Kier molecular flexibility index (Phi) is 14.5. The number of ketones is 1. The van der Waals surface area contributed by atoms with E-state index in [0.29, 0.717) is 45.6 Å². The molecule has 0 saturated carbocycles. The molecule has 1 heterocycles. The van der Waals surface area contributed by atoms with Gasteiger partial charge in [-0.1, -0.05) is 13.3 Å². The van der Waals surface area contributed by atoms with Gasteiger partial charge in [0.15, 0.2) is 0 Å². The summed E-state index contributed by atoms with van der Waals surface area (Å²) in [5.41, 5.74) is 0. The third-order valence-corrected chi connectivity index (χ3v) is 6.66. The van der Waals surface area contributed by atoms with Crippen LogP contribution in [0.25, 0.3) is 0 Å². The number of carbonyl (C=O) groups excluding carboxylic acids is 3. The van der Waals surface area contributed by atoms with E-state index in [4.69, 9.17) is 13.7 Å². The standard InChI is InChI=1S/C21H39N3O7S/c1-5-7-10-22(16-20(26)29-3)13-14-23(17-21(27)30-4)15-19(25)18-8-11-24(12-9-18)32(28)31-6-2/h18H,5-17H2,1-4H3. The molecular formula is C21H39N3O7S. The third-order valence-electron chi connectivity index (χ3n) is 5.44. The summed E-state index contributed by atoms with van der Waals surface area (Å²) in [5.74, 6) is -0.805. The van der Waals surface area contributed by atoms with Crippen molar-refractivity contribution in [1.29, 1.82) is 0 Å². The molecule has 1 aliphatic heterocycles. The van der Waals surface area contributed by atoms with Gasteiger partial charge in [-0.15, -0.1) is 0 Å². The van der Waals surface area contributed by atoms with E-state index < -0.39 is 17.2 Å². The van der Waals surface area contributed by atoms with E-state index in [1.54, 1.807) is 16.1 Å². The molecule has 1 fully saturated rings. The van der Waals surface area contributed by atoms with Crippen molar-refractivity contribution in [3.05, 3.63) is 0 Å². The van der Waals surface area contributed by atoms with E-state index in [2.05, 4.69) is 6.92 Å². The monoisotopic (exact) mass is 477 g/mol. The maximum absolute atomic E-state index is 12.9. The number of ether oxygens (including phenoxy) is 2. The van der Waals surface area contributed by atoms with Crippen LogP contribution in [-0.2, 0) is 39.3 Å². The maximum Gasteiger partial charge on any atom is 0.319 e. The van der Waals surface area contributed by atoms with E-state index in [1.807, 2.05) is 4.90 Å². The van der Waals surface area contributed by atoms with Gasteiger partial charge in [0.05, 0.1) is 40.5 Å². The van der Waals surface area contributed by atoms with Crippen LogP contribution in [0.5, 0.6) is 0 Å². The molecule has 1 aliphatic rings. The largest absolute Gasteiger partial charge is 0.468 e. The topological polar surface area (TPSA) is 106 Å². The lowest BCUT2D eigenvalue weighted by atomic mass is 9.93. The highest BCUT2D eigenvalue weighted by molar-refractivity contribution is 7.77. The molecule has 10 nitrogen and oxygen atoms in total. The first kappa shape index (κ1) is 28.6.